The first kappa shape index (κ1) is 16.2. The van der Waals surface area contributed by atoms with Gasteiger partial charge in [-0.1, -0.05) is 6.07 Å². The zero-order valence-corrected chi connectivity index (χ0v) is 12.4. The Kier molecular flexibility index (Phi) is 5.33. The van der Waals surface area contributed by atoms with Gasteiger partial charge in [0, 0.05) is 13.1 Å². The number of benzene rings is 1. The minimum Gasteiger partial charge on any atom is -0.487 e. The van der Waals surface area contributed by atoms with Crippen LogP contribution in [0.3, 0.4) is 0 Å². The smallest absolute Gasteiger partial charge is 0.333 e. The van der Waals surface area contributed by atoms with E-state index in [0.717, 1.165) is 0 Å². The first-order chi connectivity index (χ1) is 9.30. The molecule has 0 amide bonds. The van der Waals surface area contributed by atoms with Crippen molar-refractivity contribution in [2.24, 2.45) is 0 Å². The number of nitrogens with zero attached hydrogens (tertiary/aromatic N) is 2. The molecule has 0 aliphatic carbocycles. The molecule has 0 saturated heterocycles. The molecule has 1 N–H and O–H groups in total. The zero-order valence-electron chi connectivity index (χ0n) is 12.4. The molecule has 0 heterocycles. The van der Waals surface area contributed by atoms with Crippen molar-refractivity contribution in [2.75, 3.05) is 24.6 Å². The lowest BCUT2D eigenvalue weighted by molar-refractivity contribution is -0.385. The van der Waals surface area contributed by atoms with Crippen LogP contribution in [0.5, 0.6) is 5.75 Å². The molecule has 0 atom stereocenters. The van der Waals surface area contributed by atoms with Gasteiger partial charge in [-0.05, 0) is 39.8 Å². The van der Waals surface area contributed by atoms with E-state index in [2.05, 4.69) is 0 Å². The van der Waals surface area contributed by atoms with E-state index < -0.39 is 10.5 Å². The van der Waals surface area contributed by atoms with Gasteiger partial charge in [-0.3, -0.25) is 10.1 Å². The summed E-state index contributed by atoms with van der Waals surface area (Å²) in [6.07, 6.45) is 0. The number of nitro groups is 1. The number of hydrogen-bond donors (Lipinski definition) is 1. The highest BCUT2D eigenvalue weighted by molar-refractivity contribution is 5.69. The van der Waals surface area contributed by atoms with Gasteiger partial charge in [-0.2, -0.15) is 0 Å². The van der Waals surface area contributed by atoms with Gasteiger partial charge in [0.1, 0.15) is 5.69 Å². The molecule has 1 aromatic carbocycles. The van der Waals surface area contributed by atoms with Crippen molar-refractivity contribution in [1.82, 2.24) is 0 Å². The first-order valence-corrected chi connectivity index (χ1v) is 6.67. The van der Waals surface area contributed by atoms with Crippen LogP contribution in [0.2, 0.25) is 0 Å². The maximum Gasteiger partial charge on any atom is 0.333 e. The number of anilines is 1. The lowest BCUT2D eigenvalue weighted by Gasteiger charge is -2.29. The molecule has 0 fully saturated rings. The maximum absolute atomic E-state index is 11.3. The minimum absolute atomic E-state index is 0.0551. The summed E-state index contributed by atoms with van der Waals surface area (Å²) in [4.78, 5) is 12.7. The van der Waals surface area contributed by atoms with Crippen LogP contribution in [0.1, 0.15) is 27.7 Å². The van der Waals surface area contributed by atoms with E-state index in [1.807, 2.05) is 6.92 Å². The highest BCUT2D eigenvalue weighted by Crippen LogP contribution is 2.37. The van der Waals surface area contributed by atoms with E-state index in [4.69, 9.17) is 4.74 Å². The number of hydrogen-bond acceptors (Lipinski definition) is 5. The van der Waals surface area contributed by atoms with E-state index >= 15 is 0 Å². The molecule has 1 rings (SSSR count). The number of aliphatic hydroxyl groups is 1. The average molecular weight is 282 g/mol. The third-order valence-electron chi connectivity index (χ3n) is 2.76. The third kappa shape index (κ3) is 4.09. The van der Waals surface area contributed by atoms with Crippen molar-refractivity contribution >= 4 is 11.4 Å². The predicted octanol–water partition coefficient (Wildman–Crippen LogP) is 2.59. The number of nitro benzene ring substituents is 1. The van der Waals surface area contributed by atoms with Crippen LogP contribution in [-0.2, 0) is 0 Å². The maximum atomic E-state index is 11.3. The second kappa shape index (κ2) is 6.56. The highest BCUT2D eigenvalue weighted by Gasteiger charge is 2.27. The van der Waals surface area contributed by atoms with E-state index in [9.17, 15) is 15.2 Å². The third-order valence-corrected chi connectivity index (χ3v) is 2.76. The van der Waals surface area contributed by atoms with Gasteiger partial charge < -0.3 is 14.7 Å². The molecule has 0 bridgehead atoms. The summed E-state index contributed by atoms with van der Waals surface area (Å²) in [5.41, 5.74) is -0.531. The van der Waals surface area contributed by atoms with Crippen LogP contribution in [0.25, 0.3) is 0 Å². The summed E-state index contributed by atoms with van der Waals surface area (Å²) in [6, 6.07) is 4.99. The van der Waals surface area contributed by atoms with Crippen LogP contribution in [0.15, 0.2) is 18.2 Å². The number of rotatable bonds is 7. The Morgan fingerprint density at radius 1 is 1.40 bits per heavy atom. The van der Waals surface area contributed by atoms with Gasteiger partial charge in [-0.15, -0.1) is 0 Å². The fourth-order valence-corrected chi connectivity index (χ4v) is 2.06. The lowest BCUT2D eigenvalue weighted by atomic mass is 10.1. The fourth-order valence-electron chi connectivity index (χ4n) is 2.06. The topological polar surface area (TPSA) is 75.8 Å². The Morgan fingerprint density at radius 2 is 2.05 bits per heavy atom. The SMILES string of the molecule is CCOc1cccc(N(CC)CC(C)(C)O)c1[N+](=O)[O-]. The predicted molar refractivity (Wildman–Crippen MR) is 78.5 cm³/mol. The summed E-state index contributed by atoms with van der Waals surface area (Å²) in [5.74, 6) is 0.254. The molecule has 1 aromatic rings. The summed E-state index contributed by atoms with van der Waals surface area (Å²) in [7, 11) is 0. The van der Waals surface area contributed by atoms with Crippen molar-refractivity contribution in [1.29, 1.82) is 0 Å². The minimum atomic E-state index is -0.939. The molecule has 0 aliphatic rings. The van der Waals surface area contributed by atoms with Gasteiger partial charge >= 0.3 is 5.69 Å². The molecule has 0 spiro atoms. The van der Waals surface area contributed by atoms with Gasteiger partial charge in [0.05, 0.1) is 17.1 Å². The first-order valence-electron chi connectivity index (χ1n) is 6.67. The standard InChI is InChI=1S/C14H22N2O4/c1-5-15(10-14(3,4)17)11-8-7-9-12(20-6-2)13(11)16(18)19/h7-9,17H,5-6,10H2,1-4H3. The van der Waals surface area contributed by atoms with Crippen molar-refractivity contribution < 1.29 is 14.8 Å². The van der Waals surface area contributed by atoms with Crippen LogP contribution in [0, 0.1) is 10.1 Å². The summed E-state index contributed by atoms with van der Waals surface area (Å²) in [6.45, 7) is 8.25. The Hall–Kier alpha value is -1.82. The molecular formula is C14H22N2O4. The Morgan fingerprint density at radius 3 is 2.50 bits per heavy atom. The summed E-state index contributed by atoms with van der Waals surface area (Å²) < 4.78 is 5.33. The van der Waals surface area contributed by atoms with Crippen molar-refractivity contribution in [3.8, 4) is 5.75 Å². The second-order valence-corrected chi connectivity index (χ2v) is 5.14. The molecule has 6 heteroatoms. The van der Waals surface area contributed by atoms with E-state index in [1.165, 1.54) is 0 Å². The normalized spacial score (nSPS) is 11.2. The van der Waals surface area contributed by atoms with Crippen LogP contribution >= 0.6 is 0 Å². The Labute approximate surface area is 119 Å². The lowest BCUT2D eigenvalue weighted by Crippen LogP contribution is -2.38. The molecule has 0 radical (unpaired) electrons. The molecule has 112 valence electrons. The quantitative estimate of drug-likeness (QED) is 0.614. The number of ether oxygens (including phenoxy) is 1. The number of para-hydroxylation sites is 1. The van der Waals surface area contributed by atoms with Crippen molar-refractivity contribution in [2.45, 2.75) is 33.3 Å². The van der Waals surface area contributed by atoms with E-state index in [-0.39, 0.29) is 11.4 Å². The van der Waals surface area contributed by atoms with E-state index in [1.54, 1.807) is 43.9 Å². The molecule has 0 unspecified atom stereocenters. The summed E-state index contributed by atoms with van der Waals surface area (Å²) >= 11 is 0. The van der Waals surface area contributed by atoms with Crippen LogP contribution in [-0.4, -0.2) is 35.3 Å². The van der Waals surface area contributed by atoms with Crippen LogP contribution in [0.4, 0.5) is 11.4 Å². The highest BCUT2D eigenvalue weighted by atomic mass is 16.6. The fraction of sp³-hybridized carbons (Fsp3) is 0.571. The van der Waals surface area contributed by atoms with Gasteiger partial charge in [0.15, 0.2) is 5.75 Å². The van der Waals surface area contributed by atoms with Crippen molar-refractivity contribution in [3.05, 3.63) is 28.3 Å². The zero-order chi connectivity index (χ0) is 15.3. The molecular weight excluding hydrogens is 260 g/mol. The van der Waals surface area contributed by atoms with Gasteiger partial charge in [-0.25, -0.2) is 0 Å². The van der Waals surface area contributed by atoms with Crippen molar-refractivity contribution in [3.63, 3.8) is 0 Å². The second-order valence-electron chi connectivity index (χ2n) is 5.14. The largest absolute Gasteiger partial charge is 0.487 e. The molecule has 0 aromatic heterocycles. The molecule has 0 saturated carbocycles. The molecule has 6 nitrogen and oxygen atoms in total. The monoisotopic (exact) mass is 282 g/mol. The molecule has 0 aliphatic heterocycles. The average Bonchev–Trinajstić information content (AvgIpc) is 2.34. The van der Waals surface area contributed by atoms with Gasteiger partial charge in [0.2, 0.25) is 0 Å². The van der Waals surface area contributed by atoms with Gasteiger partial charge in [0.25, 0.3) is 0 Å². The number of likely N-dealkylation sites (N-methyl/N-ethyl adjacent to an activating group) is 1. The van der Waals surface area contributed by atoms with E-state index in [0.29, 0.717) is 25.4 Å². The summed E-state index contributed by atoms with van der Waals surface area (Å²) in [5, 5.41) is 21.3. The van der Waals surface area contributed by atoms with Crippen LogP contribution < -0.4 is 9.64 Å². The Balaban J connectivity index is 3.27. The molecule has 20 heavy (non-hydrogen) atoms. The Bertz CT molecular complexity index is 469.